The zero-order chi connectivity index (χ0) is 45.9. The van der Waals surface area contributed by atoms with Gasteiger partial charge < -0.3 is 14.8 Å². The Labute approximate surface area is 410 Å². The summed E-state index contributed by atoms with van der Waals surface area (Å²) in [5.41, 5.74) is 18.8. The molecule has 7 unspecified atom stereocenters. The molecule has 4 aromatic carbocycles. The fraction of sp³-hybridized carbons (Fsp3) is 0.215. The maximum atomic E-state index is 5.84. The number of aromatic nitrogens is 1. The van der Waals surface area contributed by atoms with Crippen molar-refractivity contribution in [3.05, 3.63) is 244 Å². The van der Waals surface area contributed by atoms with Crippen LogP contribution in [0.2, 0.25) is 0 Å². The first-order valence-corrected chi connectivity index (χ1v) is 25.9. The van der Waals surface area contributed by atoms with Gasteiger partial charge in [-0.3, -0.25) is 5.32 Å². The molecule has 5 heteroatoms. The number of fused-ring (bicyclic) bond motifs is 12. The van der Waals surface area contributed by atoms with E-state index in [2.05, 4.69) is 214 Å². The number of hydrogen-bond acceptors (Lipinski definition) is 4. The number of para-hydroxylation sites is 1. The summed E-state index contributed by atoms with van der Waals surface area (Å²) in [6.45, 7) is 0. The van der Waals surface area contributed by atoms with Crippen LogP contribution < -0.4 is 15.5 Å². The molecule has 70 heavy (non-hydrogen) atoms. The molecule has 2 N–H and O–H groups in total. The quantitative estimate of drug-likeness (QED) is 0.185. The Hall–Kier alpha value is -7.47. The van der Waals surface area contributed by atoms with E-state index in [-0.39, 0.29) is 30.2 Å². The van der Waals surface area contributed by atoms with E-state index in [0.717, 1.165) is 50.8 Å². The van der Waals surface area contributed by atoms with Crippen molar-refractivity contribution < 1.29 is 0 Å². The first kappa shape index (κ1) is 40.4. The summed E-state index contributed by atoms with van der Waals surface area (Å²) in [4.78, 5) is 8.54. The number of anilines is 1. The summed E-state index contributed by atoms with van der Waals surface area (Å²) in [5.74, 6) is 2.20. The smallest absolute Gasteiger partial charge is 0.131 e. The van der Waals surface area contributed by atoms with Crippen molar-refractivity contribution in [2.75, 3.05) is 4.90 Å². The Kier molecular flexibility index (Phi) is 9.27. The lowest BCUT2D eigenvalue weighted by Gasteiger charge is -2.40. The Bertz CT molecular complexity index is 3630. The number of aryl methyl sites for hydroxylation is 1. The molecule has 340 valence electrons. The van der Waals surface area contributed by atoms with E-state index < -0.39 is 0 Å². The van der Waals surface area contributed by atoms with E-state index in [1.165, 1.54) is 99.8 Å². The Morgan fingerprint density at radius 2 is 1.53 bits per heavy atom. The van der Waals surface area contributed by atoms with E-state index in [4.69, 9.17) is 4.99 Å². The normalized spacial score (nSPS) is 27.9. The van der Waals surface area contributed by atoms with Gasteiger partial charge in [-0.25, -0.2) is 4.99 Å². The summed E-state index contributed by atoms with van der Waals surface area (Å²) >= 11 is 0. The van der Waals surface area contributed by atoms with Gasteiger partial charge in [-0.15, -0.1) is 0 Å². The highest BCUT2D eigenvalue weighted by atomic mass is 15.3. The minimum absolute atomic E-state index is 0.0553. The van der Waals surface area contributed by atoms with Crippen LogP contribution in [0.4, 0.5) is 5.69 Å². The topological polar surface area (TPSA) is 44.6 Å². The zero-order valence-corrected chi connectivity index (χ0v) is 39.3. The molecule has 10 aliphatic rings. The number of aliphatic imine (C=N–C) groups is 1. The highest BCUT2D eigenvalue weighted by Gasteiger charge is 2.45. The molecule has 0 bridgehead atoms. The second kappa shape index (κ2) is 16.0. The molecule has 0 amide bonds. The van der Waals surface area contributed by atoms with Crippen molar-refractivity contribution in [3.63, 3.8) is 0 Å². The SMILES string of the molecule is C1=CCCC(C2NC(C3=CC4C=CC=CC4C4=C3CCC=C4)=NC(c3cc4c(cc3N3C5=CC6=CC=C(n7c8ccccc8c8ccc9ccccc9c87)CC6C=C5C5C=CC=CC53)CCC=C4)N2)=C1. The summed E-state index contributed by atoms with van der Waals surface area (Å²) < 4.78 is 2.57. The van der Waals surface area contributed by atoms with Gasteiger partial charge in [-0.1, -0.05) is 164 Å². The first-order valence-electron chi connectivity index (χ1n) is 25.9. The summed E-state index contributed by atoms with van der Waals surface area (Å²) in [6, 6.07) is 27.6. The molecule has 5 nitrogen and oxygen atoms in total. The highest BCUT2D eigenvalue weighted by molar-refractivity contribution is 6.19. The monoisotopic (exact) mass is 905 g/mol. The number of nitrogens with zero attached hydrogens (tertiary/aromatic N) is 3. The molecule has 0 radical (unpaired) electrons. The van der Waals surface area contributed by atoms with Crippen LogP contribution in [0, 0.1) is 23.7 Å². The fourth-order valence-electron chi connectivity index (χ4n) is 13.6. The molecule has 5 aromatic rings. The minimum atomic E-state index is -0.277. The lowest BCUT2D eigenvalue weighted by atomic mass is 9.71. The zero-order valence-electron chi connectivity index (χ0n) is 39.3. The fourth-order valence-corrected chi connectivity index (χ4v) is 13.6. The van der Waals surface area contributed by atoms with Gasteiger partial charge in [0.05, 0.1) is 17.1 Å². The Morgan fingerprint density at radius 1 is 0.686 bits per heavy atom. The number of benzene rings is 4. The van der Waals surface area contributed by atoms with Gasteiger partial charge in [0.15, 0.2) is 0 Å². The second-order valence-corrected chi connectivity index (χ2v) is 20.7. The lowest BCUT2D eigenvalue weighted by Crippen LogP contribution is -2.53. The third-order valence-corrected chi connectivity index (χ3v) is 16.9. The van der Waals surface area contributed by atoms with Crippen molar-refractivity contribution >= 4 is 55.9 Å². The van der Waals surface area contributed by atoms with Gasteiger partial charge in [-0.05, 0) is 120 Å². The van der Waals surface area contributed by atoms with Gasteiger partial charge in [0.2, 0.25) is 0 Å². The maximum absolute atomic E-state index is 5.84. The number of nitrogens with one attached hydrogen (secondary N) is 2. The number of allylic oxidation sites excluding steroid dienone is 21. The highest BCUT2D eigenvalue weighted by Crippen LogP contribution is 2.52. The predicted molar refractivity (Wildman–Crippen MR) is 291 cm³/mol. The minimum Gasteiger partial charge on any atom is -0.351 e. The largest absolute Gasteiger partial charge is 0.351 e. The molecule has 7 atom stereocenters. The molecular formula is C65H55N5. The van der Waals surface area contributed by atoms with Gasteiger partial charge in [0.25, 0.3) is 0 Å². The van der Waals surface area contributed by atoms with Gasteiger partial charge in [0.1, 0.15) is 18.2 Å². The van der Waals surface area contributed by atoms with E-state index in [1.807, 2.05) is 0 Å². The van der Waals surface area contributed by atoms with Gasteiger partial charge in [-0.2, -0.15) is 0 Å². The molecule has 1 fully saturated rings. The third kappa shape index (κ3) is 6.30. The van der Waals surface area contributed by atoms with E-state index in [0.29, 0.717) is 11.8 Å². The van der Waals surface area contributed by atoms with E-state index in [9.17, 15) is 0 Å². The van der Waals surface area contributed by atoms with Crippen LogP contribution >= 0.6 is 0 Å². The van der Waals surface area contributed by atoms with Crippen LogP contribution in [0.5, 0.6) is 0 Å². The van der Waals surface area contributed by atoms with Crippen molar-refractivity contribution in [3.8, 4) is 0 Å². The molecule has 0 saturated carbocycles. The predicted octanol–water partition coefficient (Wildman–Crippen LogP) is 14.3. The summed E-state index contributed by atoms with van der Waals surface area (Å²) in [5, 5.41) is 13.3. The average molecular weight is 906 g/mol. The number of rotatable bonds is 5. The van der Waals surface area contributed by atoms with Crippen LogP contribution in [0.25, 0.3) is 44.4 Å². The maximum Gasteiger partial charge on any atom is 0.131 e. The van der Waals surface area contributed by atoms with Crippen molar-refractivity contribution in [2.24, 2.45) is 28.7 Å². The van der Waals surface area contributed by atoms with Crippen LogP contribution in [0.3, 0.4) is 0 Å². The lowest BCUT2D eigenvalue weighted by molar-refractivity contribution is 0.428. The average Bonchev–Trinajstić information content (AvgIpc) is 3.94. The van der Waals surface area contributed by atoms with Crippen molar-refractivity contribution in [1.29, 1.82) is 0 Å². The van der Waals surface area contributed by atoms with Crippen molar-refractivity contribution in [1.82, 2.24) is 15.2 Å². The summed E-state index contributed by atoms with van der Waals surface area (Å²) in [6.07, 6.45) is 54.4. The number of amidine groups is 1. The Balaban J connectivity index is 0.881. The third-order valence-electron chi connectivity index (χ3n) is 16.9. The standard InChI is InChI=1S/C65H55N5/c1-2-17-41(18-3-1)63-66-64(56-36-45-21-7-8-22-48(45)50-24-10-11-25-51(50)56)68-65(67-63)57-35-42-19-4-5-20-43(42)38-61(57)70-59-29-15-13-27-53(59)55-37-46-34-47(32-30-44(46)39-60(55)70)69-58-28-14-12-26-52(58)54-33-31-40-16-6-9-23-49(40)62(54)69/h1-2,4,6-10,12-17,19,21-24,26-33,35-39,45-46,48,53,59,63,65,67H,3,5,11,18,20,25,34H2,(H,66,68). The second-order valence-electron chi connectivity index (χ2n) is 20.7. The molecule has 3 heterocycles. The first-order chi connectivity index (χ1) is 34.7. The van der Waals surface area contributed by atoms with Crippen LogP contribution in [0.1, 0.15) is 61.4 Å². The van der Waals surface area contributed by atoms with E-state index >= 15 is 0 Å². The van der Waals surface area contributed by atoms with Crippen molar-refractivity contribution in [2.45, 2.75) is 63.3 Å². The Morgan fingerprint density at radius 3 is 2.47 bits per heavy atom. The molecule has 8 aliphatic carbocycles. The number of hydrogen-bond donors (Lipinski definition) is 2. The van der Waals surface area contributed by atoms with Crippen LogP contribution in [-0.2, 0) is 6.42 Å². The molecule has 15 rings (SSSR count). The summed E-state index contributed by atoms with van der Waals surface area (Å²) in [7, 11) is 0. The molecule has 2 aliphatic heterocycles. The van der Waals surface area contributed by atoms with E-state index in [1.54, 1.807) is 0 Å². The van der Waals surface area contributed by atoms with Crippen LogP contribution in [0.15, 0.2) is 232 Å². The molecule has 1 aromatic heterocycles. The van der Waals surface area contributed by atoms with Gasteiger partial charge >= 0.3 is 0 Å². The van der Waals surface area contributed by atoms with Gasteiger partial charge in [0, 0.05) is 68.0 Å². The molecular weight excluding hydrogens is 851 g/mol. The van der Waals surface area contributed by atoms with Crippen LogP contribution in [-0.4, -0.2) is 22.6 Å². The molecule has 1 saturated heterocycles. The molecule has 0 spiro atoms.